The molecule has 0 saturated heterocycles. The Morgan fingerprint density at radius 3 is 1.64 bits per heavy atom. The molecule has 2 aromatic heterocycles. The van der Waals surface area contributed by atoms with Gasteiger partial charge in [0.25, 0.3) is 0 Å². The predicted octanol–water partition coefficient (Wildman–Crippen LogP) is 10.6. The zero-order chi connectivity index (χ0) is 31.9. The van der Waals surface area contributed by atoms with Gasteiger partial charge in [0.05, 0.1) is 7.11 Å². The highest BCUT2D eigenvalue weighted by Crippen LogP contribution is 2.60. The summed E-state index contributed by atoms with van der Waals surface area (Å²) in [6, 6.07) is 18.1. The van der Waals surface area contributed by atoms with Crippen molar-refractivity contribution in [3.63, 3.8) is 0 Å². The molecule has 6 heteroatoms. The molecule has 234 valence electrons. The van der Waals surface area contributed by atoms with E-state index in [9.17, 15) is 0 Å². The largest absolute Gasteiger partial charge is 0.493 e. The van der Waals surface area contributed by atoms with Crippen molar-refractivity contribution in [3.05, 3.63) is 93.6 Å². The maximum atomic E-state index is 7.38. The fraction of sp³-hybridized carbons (Fsp3) is 0.474. The Kier molecular flexibility index (Phi) is 7.32. The molecule has 2 aromatic carbocycles. The molecule has 0 unspecified atom stereocenters. The first-order valence-corrected chi connectivity index (χ1v) is 17.3. The molecule has 0 atom stereocenters. The van der Waals surface area contributed by atoms with Gasteiger partial charge in [0, 0.05) is 45.2 Å². The molecule has 0 saturated carbocycles. The third-order valence-electron chi connectivity index (χ3n) is 9.67. The minimum Gasteiger partial charge on any atom is -0.493 e. The first kappa shape index (κ1) is 30.8. The number of methoxy groups -OCH3 is 1. The molecule has 4 heterocycles. The van der Waals surface area contributed by atoms with E-state index in [0.29, 0.717) is 0 Å². The van der Waals surface area contributed by atoms with E-state index in [1.165, 1.54) is 33.9 Å². The Labute approximate surface area is 265 Å². The lowest BCUT2D eigenvalue weighted by Gasteiger charge is -2.39. The maximum absolute atomic E-state index is 7.38. The van der Waals surface area contributed by atoms with Crippen molar-refractivity contribution in [2.45, 2.75) is 111 Å². The average molecular weight is 613 g/mol. The number of ether oxygens (including phenoxy) is 2. The summed E-state index contributed by atoms with van der Waals surface area (Å²) in [6.07, 6.45) is 1.88. The Balaban J connectivity index is 1.59. The average Bonchev–Trinajstić information content (AvgIpc) is 3.59. The van der Waals surface area contributed by atoms with Gasteiger partial charge in [0.2, 0.25) is 0 Å². The van der Waals surface area contributed by atoms with Crippen molar-refractivity contribution >= 4 is 8.45 Å². The lowest BCUT2D eigenvalue weighted by atomic mass is 9.72. The number of hydrogen-bond acceptors (Lipinski definition) is 3. The van der Waals surface area contributed by atoms with Gasteiger partial charge in [-0.1, -0.05) is 88.3 Å². The summed E-state index contributed by atoms with van der Waals surface area (Å²) in [5.41, 5.74) is 9.51. The molecule has 4 aromatic rings. The summed E-state index contributed by atoms with van der Waals surface area (Å²) in [4.78, 5) is 0. The number of benzene rings is 2. The third-order valence-corrected chi connectivity index (χ3v) is 11.7. The summed E-state index contributed by atoms with van der Waals surface area (Å²) in [5.74, 6) is 3.41. The van der Waals surface area contributed by atoms with E-state index >= 15 is 0 Å². The smallest absolute Gasteiger partial charge is 0.318 e. The fourth-order valence-electron chi connectivity index (χ4n) is 6.67. The topological polar surface area (TPSA) is 37.6 Å². The van der Waals surface area contributed by atoms with Crippen LogP contribution in [0.5, 0.6) is 23.0 Å². The molecule has 0 N–H and O–H groups in total. The van der Waals surface area contributed by atoms with Crippen molar-refractivity contribution in [2.24, 2.45) is 0 Å². The molecule has 44 heavy (non-hydrogen) atoms. The zero-order valence-corrected chi connectivity index (χ0v) is 29.6. The molecule has 0 fully saturated rings. The molecule has 0 aliphatic carbocycles. The summed E-state index contributed by atoms with van der Waals surface area (Å²) >= 11 is 0. The first-order valence-electron chi connectivity index (χ1n) is 16.1. The van der Waals surface area contributed by atoms with E-state index < -0.39 is 8.45 Å². The van der Waals surface area contributed by atoms with Crippen molar-refractivity contribution in [1.29, 1.82) is 0 Å². The zero-order valence-electron chi connectivity index (χ0n) is 28.7. The number of rotatable bonds is 5. The SMILES string of the molecule is CCc1ccc2n1P(Oc1cc(C(C)(C)C)cc3c1Oc1c(OC)cc(C(C)(C)C)cc1C3(C)C)n1c(CC)ccc1C2C. The van der Waals surface area contributed by atoms with E-state index in [-0.39, 0.29) is 22.2 Å². The molecular formula is C38H49N2O3P. The second-order valence-electron chi connectivity index (χ2n) is 15.0. The van der Waals surface area contributed by atoms with Crippen LogP contribution in [0.3, 0.4) is 0 Å². The lowest BCUT2D eigenvalue weighted by Crippen LogP contribution is -2.28. The Bertz CT molecular complexity index is 1690. The maximum Gasteiger partial charge on any atom is 0.318 e. The minimum absolute atomic E-state index is 0.0299. The van der Waals surface area contributed by atoms with Gasteiger partial charge in [-0.2, -0.15) is 0 Å². The van der Waals surface area contributed by atoms with Crippen LogP contribution in [0.4, 0.5) is 0 Å². The second kappa shape index (κ2) is 10.4. The lowest BCUT2D eigenvalue weighted by molar-refractivity contribution is 0.348. The van der Waals surface area contributed by atoms with Crippen LogP contribution in [0.25, 0.3) is 0 Å². The fourth-order valence-corrected chi connectivity index (χ4v) is 9.06. The van der Waals surface area contributed by atoms with Gasteiger partial charge in [-0.15, -0.1) is 0 Å². The first-order chi connectivity index (χ1) is 20.6. The monoisotopic (exact) mass is 612 g/mol. The standard InChI is InChI=1S/C38H49N2O3P/c1-13-26-15-17-30-23(3)31-18-16-27(14-2)40(31)44(39(26)30)43-33-22-25(37(7,8)9)20-29-35(33)42-34-28(38(29,10)11)19-24(36(4,5)6)21-32(34)41-12/h15-23H,13-14H2,1-12H3. The van der Waals surface area contributed by atoms with Crippen molar-refractivity contribution < 1.29 is 14.0 Å². The van der Waals surface area contributed by atoms with Gasteiger partial charge in [-0.3, -0.25) is 8.68 Å². The van der Waals surface area contributed by atoms with Crippen LogP contribution in [-0.4, -0.2) is 15.8 Å². The summed E-state index contributed by atoms with van der Waals surface area (Å²) in [5, 5.41) is 0. The van der Waals surface area contributed by atoms with Gasteiger partial charge < -0.3 is 14.0 Å². The van der Waals surface area contributed by atoms with Gasteiger partial charge in [0.1, 0.15) is 0 Å². The normalized spacial score (nSPS) is 18.5. The summed E-state index contributed by atoms with van der Waals surface area (Å²) < 4.78 is 25.3. The highest BCUT2D eigenvalue weighted by molar-refractivity contribution is 7.50. The Morgan fingerprint density at radius 1 is 0.750 bits per heavy atom. The Morgan fingerprint density at radius 2 is 1.20 bits per heavy atom. The number of fused-ring (bicyclic) bond motifs is 4. The van der Waals surface area contributed by atoms with E-state index in [1.54, 1.807) is 7.11 Å². The van der Waals surface area contributed by atoms with Crippen LogP contribution < -0.4 is 14.0 Å². The van der Waals surface area contributed by atoms with Crippen LogP contribution in [0, 0.1) is 0 Å². The van der Waals surface area contributed by atoms with Crippen LogP contribution >= 0.6 is 8.45 Å². The highest BCUT2D eigenvalue weighted by Gasteiger charge is 2.42. The van der Waals surface area contributed by atoms with E-state index in [2.05, 4.69) is 133 Å². The summed E-state index contributed by atoms with van der Waals surface area (Å²) in [7, 11) is 0.479. The minimum atomic E-state index is -1.26. The van der Waals surface area contributed by atoms with E-state index in [4.69, 9.17) is 14.0 Å². The molecule has 2 aliphatic rings. The van der Waals surface area contributed by atoms with E-state index in [0.717, 1.165) is 47.0 Å². The van der Waals surface area contributed by atoms with Crippen molar-refractivity contribution in [3.8, 4) is 23.0 Å². The van der Waals surface area contributed by atoms with E-state index in [1.807, 2.05) is 0 Å². The van der Waals surface area contributed by atoms with Crippen molar-refractivity contribution in [1.82, 2.24) is 8.68 Å². The van der Waals surface area contributed by atoms with Crippen LogP contribution in [-0.2, 0) is 29.1 Å². The molecule has 0 radical (unpaired) electrons. The molecule has 6 rings (SSSR count). The molecular weight excluding hydrogens is 563 g/mol. The number of aryl methyl sites for hydroxylation is 2. The number of hydrogen-bond donors (Lipinski definition) is 0. The van der Waals surface area contributed by atoms with Gasteiger partial charge in [-0.25, -0.2) is 0 Å². The van der Waals surface area contributed by atoms with Crippen molar-refractivity contribution in [2.75, 3.05) is 7.11 Å². The quantitative estimate of drug-likeness (QED) is 0.210. The van der Waals surface area contributed by atoms with Gasteiger partial charge >= 0.3 is 8.45 Å². The highest BCUT2D eigenvalue weighted by atomic mass is 31.2. The van der Waals surface area contributed by atoms with Crippen LogP contribution in [0.15, 0.2) is 48.5 Å². The second-order valence-corrected chi connectivity index (χ2v) is 16.5. The molecule has 0 bridgehead atoms. The molecule has 0 spiro atoms. The molecule has 5 nitrogen and oxygen atoms in total. The molecule has 2 aliphatic heterocycles. The Hall–Kier alpha value is -3.17. The van der Waals surface area contributed by atoms with Crippen LogP contribution in [0.2, 0.25) is 0 Å². The van der Waals surface area contributed by atoms with Crippen LogP contribution in [0.1, 0.15) is 127 Å². The predicted molar refractivity (Wildman–Crippen MR) is 183 cm³/mol. The number of aromatic nitrogens is 2. The molecule has 0 amide bonds. The third kappa shape index (κ3) is 4.69. The number of nitrogens with zero attached hydrogens (tertiary/aromatic N) is 2. The summed E-state index contributed by atoms with van der Waals surface area (Å²) in [6.45, 7) is 24.9. The van der Waals surface area contributed by atoms with Gasteiger partial charge in [-0.05, 0) is 71.2 Å². The van der Waals surface area contributed by atoms with Gasteiger partial charge in [0.15, 0.2) is 23.0 Å².